The Bertz CT molecular complexity index is 1130. The van der Waals surface area contributed by atoms with Crippen molar-refractivity contribution in [3.05, 3.63) is 64.7 Å². The van der Waals surface area contributed by atoms with Crippen LogP contribution in [0.1, 0.15) is 54.9 Å². The lowest BCUT2D eigenvalue weighted by Crippen LogP contribution is -2.43. The van der Waals surface area contributed by atoms with E-state index in [-0.39, 0.29) is 41.1 Å². The van der Waals surface area contributed by atoms with Crippen LogP contribution >= 0.6 is 0 Å². The number of rotatable bonds is 9. The van der Waals surface area contributed by atoms with Crippen molar-refractivity contribution in [1.82, 2.24) is 10.2 Å². The summed E-state index contributed by atoms with van der Waals surface area (Å²) >= 11 is 0. The van der Waals surface area contributed by atoms with E-state index in [4.69, 9.17) is 4.74 Å². The van der Waals surface area contributed by atoms with E-state index in [2.05, 4.69) is 10.1 Å². The number of methoxy groups -OCH3 is 1. The number of fused-ring (bicyclic) bond motifs is 1. The van der Waals surface area contributed by atoms with Gasteiger partial charge in [-0.2, -0.15) is 8.78 Å². The number of ether oxygens (including phenoxy) is 2. The molecule has 2 aliphatic rings. The molecule has 9 heteroatoms. The highest BCUT2D eigenvalue weighted by molar-refractivity contribution is 5.95. The molecule has 3 atom stereocenters. The molecule has 3 unspecified atom stereocenters. The summed E-state index contributed by atoms with van der Waals surface area (Å²) in [4.78, 5) is 15.3. The van der Waals surface area contributed by atoms with Gasteiger partial charge >= 0.3 is 6.61 Å². The van der Waals surface area contributed by atoms with Crippen LogP contribution in [0.15, 0.2) is 42.0 Å². The van der Waals surface area contributed by atoms with Crippen LogP contribution in [0.3, 0.4) is 0 Å². The van der Waals surface area contributed by atoms with E-state index < -0.39 is 18.2 Å². The molecule has 1 saturated heterocycles. The molecule has 1 aliphatic heterocycles. The average molecular weight is 521 g/mol. The zero-order valence-electron chi connectivity index (χ0n) is 21.0. The molecule has 1 heterocycles. The number of halogens is 4. The standard InChI is InChI=1S/C28H32F4N2O3/c1-17(11-18-7-9-21(29)14-23(18)30)15-34(16-22-12-19-5-3-4-6-24(19)33-22)27(35)20-8-10-25(37-28(31)32)26(13-20)36-2/h7-11,13-14,19,22,24,28,33H,3-6,12,15-16H2,1-2H3. The number of hydrogen-bond acceptors (Lipinski definition) is 4. The van der Waals surface area contributed by atoms with Crippen LogP contribution in [0.25, 0.3) is 6.08 Å². The van der Waals surface area contributed by atoms with E-state index in [0.717, 1.165) is 18.9 Å². The summed E-state index contributed by atoms with van der Waals surface area (Å²) in [6.45, 7) is -0.601. The minimum Gasteiger partial charge on any atom is -0.493 e. The van der Waals surface area contributed by atoms with E-state index in [1.165, 1.54) is 56.7 Å². The molecule has 5 nitrogen and oxygen atoms in total. The Morgan fingerprint density at radius 2 is 1.92 bits per heavy atom. The first-order valence-electron chi connectivity index (χ1n) is 12.5. The normalized spacial score (nSPS) is 21.6. The highest BCUT2D eigenvalue weighted by Crippen LogP contribution is 2.34. The van der Waals surface area contributed by atoms with Crippen molar-refractivity contribution in [3.8, 4) is 11.5 Å². The molecule has 1 saturated carbocycles. The Balaban J connectivity index is 1.57. The van der Waals surface area contributed by atoms with Crippen LogP contribution in [-0.4, -0.2) is 49.7 Å². The Hall–Kier alpha value is -3.07. The topological polar surface area (TPSA) is 50.8 Å². The Kier molecular flexibility index (Phi) is 8.74. The molecule has 4 rings (SSSR count). The van der Waals surface area contributed by atoms with Crippen LogP contribution in [0.2, 0.25) is 0 Å². The average Bonchev–Trinajstić information content (AvgIpc) is 3.27. The number of nitrogens with one attached hydrogen (secondary N) is 1. The number of alkyl halides is 2. The van der Waals surface area contributed by atoms with Gasteiger partial charge in [-0.1, -0.05) is 24.5 Å². The molecule has 0 bridgehead atoms. The molecule has 200 valence electrons. The fraction of sp³-hybridized carbons (Fsp3) is 0.464. The summed E-state index contributed by atoms with van der Waals surface area (Å²) in [7, 11) is 1.31. The highest BCUT2D eigenvalue weighted by atomic mass is 19.3. The van der Waals surface area contributed by atoms with Crippen LogP contribution < -0.4 is 14.8 Å². The van der Waals surface area contributed by atoms with Crippen LogP contribution in [0, 0.1) is 17.6 Å². The summed E-state index contributed by atoms with van der Waals surface area (Å²) < 4.78 is 62.7. The molecular weight excluding hydrogens is 488 g/mol. The molecular formula is C28H32F4N2O3. The summed E-state index contributed by atoms with van der Waals surface area (Å²) in [6, 6.07) is 8.02. The third-order valence-corrected chi connectivity index (χ3v) is 7.11. The second kappa shape index (κ2) is 12.0. The molecule has 2 aromatic carbocycles. The van der Waals surface area contributed by atoms with Gasteiger partial charge < -0.3 is 19.7 Å². The summed E-state index contributed by atoms with van der Waals surface area (Å²) in [5.41, 5.74) is 1.19. The quantitative estimate of drug-likeness (QED) is 0.410. The molecule has 0 radical (unpaired) electrons. The van der Waals surface area contributed by atoms with Crippen molar-refractivity contribution in [2.45, 2.75) is 57.7 Å². The van der Waals surface area contributed by atoms with Gasteiger partial charge in [0.2, 0.25) is 0 Å². The number of nitrogens with zero attached hydrogens (tertiary/aromatic N) is 1. The molecule has 37 heavy (non-hydrogen) atoms. The van der Waals surface area contributed by atoms with Crippen molar-refractivity contribution >= 4 is 12.0 Å². The van der Waals surface area contributed by atoms with E-state index in [0.29, 0.717) is 24.1 Å². The number of hydrogen-bond donors (Lipinski definition) is 1. The highest BCUT2D eigenvalue weighted by Gasteiger charge is 2.36. The van der Waals surface area contributed by atoms with Crippen LogP contribution in [0.5, 0.6) is 11.5 Å². The van der Waals surface area contributed by atoms with Crippen molar-refractivity contribution in [2.75, 3.05) is 20.2 Å². The fourth-order valence-electron chi connectivity index (χ4n) is 5.47. The Morgan fingerprint density at radius 1 is 1.14 bits per heavy atom. The minimum atomic E-state index is -3.02. The number of carbonyl (C=O) groups excluding carboxylic acids is 1. The van der Waals surface area contributed by atoms with E-state index in [1.807, 2.05) is 0 Å². The predicted molar refractivity (Wildman–Crippen MR) is 133 cm³/mol. The Morgan fingerprint density at radius 3 is 2.62 bits per heavy atom. The maximum absolute atomic E-state index is 14.2. The van der Waals surface area contributed by atoms with Gasteiger partial charge in [-0.3, -0.25) is 4.79 Å². The SMILES string of the molecule is COc1cc(C(=O)N(CC(C)=Cc2ccc(F)cc2F)CC2CC3CCCCC3N2)ccc1OC(F)F. The van der Waals surface area contributed by atoms with Gasteiger partial charge in [0.15, 0.2) is 11.5 Å². The van der Waals surface area contributed by atoms with Crippen molar-refractivity contribution in [1.29, 1.82) is 0 Å². The number of amides is 1. The second-order valence-electron chi connectivity index (χ2n) is 9.84. The second-order valence-corrected chi connectivity index (χ2v) is 9.84. The Labute approximate surface area is 214 Å². The monoisotopic (exact) mass is 520 g/mol. The van der Waals surface area contributed by atoms with E-state index >= 15 is 0 Å². The first-order valence-corrected chi connectivity index (χ1v) is 12.5. The third-order valence-electron chi connectivity index (χ3n) is 7.11. The van der Waals surface area contributed by atoms with E-state index in [1.54, 1.807) is 17.9 Å². The third kappa shape index (κ3) is 6.83. The maximum Gasteiger partial charge on any atom is 0.387 e. The molecule has 2 aromatic rings. The van der Waals surface area contributed by atoms with Gasteiger partial charge in [-0.25, -0.2) is 8.78 Å². The molecule has 1 aliphatic carbocycles. The van der Waals surface area contributed by atoms with Gasteiger partial charge in [-0.05, 0) is 62.4 Å². The zero-order chi connectivity index (χ0) is 26.5. The lowest BCUT2D eigenvalue weighted by Gasteiger charge is -2.27. The number of carbonyl (C=O) groups is 1. The van der Waals surface area contributed by atoms with Crippen molar-refractivity contribution in [3.63, 3.8) is 0 Å². The summed E-state index contributed by atoms with van der Waals surface area (Å²) in [6.07, 6.45) is 7.28. The van der Waals surface area contributed by atoms with Gasteiger partial charge in [-0.15, -0.1) is 0 Å². The number of benzene rings is 2. The minimum absolute atomic E-state index is 0.0248. The zero-order valence-corrected chi connectivity index (χ0v) is 21.0. The lowest BCUT2D eigenvalue weighted by atomic mass is 9.85. The summed E-state index contributed by atoms with van der Waals surface area (Å²) in [5, 5.41) is 3.68. The van der Waals surface area contributed by atoms with Gasteiger partial charge in [0.05, 0.1) is 7.11 Å². The lowest BCUT2D eigenvalue weighted by molar-refractivity contribution is -0.0512. The van der Waals surface area contributed by atoms with E-state index in [9.17, 15) is 22.4 Å². The molecule has 0 aromatic heterocycles. The fourth-order valence-corrected chi connectivity index (χ4v) is 5.47. The molecule has 0 spiro atoms. The van der Waals surface area contributed by atoms with Gasteiger partial charge in [0, 0.05) is 42.4 Å². The predicted octanol–water partition coefficient (Wildman–Crippen LogP) is 6.04. The first-order chi connectivity index (χ1) is 17.7. The van der Waals surface area contributed by atoms with Crippen LogP contribution in [0.4, 0.5) is 17.6 Å². The first kappa shape index (κ1) is 27.0. The van der Waals surface area contributed by atoms with Crippen molar-refractivity contribution in [2.24, 2.45) is 5.92 Å². The van der Waals surface area contributed by atoms with Crippen molar-refractivity contribution < 1.29 is 31.8 Å². The molecule has 2 fully saturated rings. The van der Waals surface area contributed by atoms with Gasteiger partial charge in [0.1, 0.15) is 11.6 Å². The smallest absolute Gasteiger partial charge is 0.387 e. The van der Waals surface area contributed by atoms with Gasteiger partial charge in [0.25, 0.3) is 5.91 Å². The molecule has 1 amide bonds. The maximum atomic E-state index is 14.2. The molecule has 1 N–H and O–H groups in total. The largest absolute Gasteiger partial charge is 0.493 e. The summed E-state index contributed by atoms with van der Waals surface area (Å²) in [5.74, 6) is -1.21. The van der Waals surface area contributed by atoms with Crippen LogP contribution in [-0.2, 0) is 0 Å².